The number of sulfonamides is 1. The third-order valence-electron chi connectivity index (χ3n) is 3.35. The number of aromatic nitrogens is 1. The van der Waals surface area contributed by atoms with E-state index in [2.05, 4.69) is 15.0 Å². The highest BCUT2D eigenvalue weighted by Gasteiger charge is 2.24. The SMILES string of the molecule is CS(=O)(=O)NC[C@H]1CCCN(C(=O)Nc2cccnc2)C1. The van der Waals surface area contributed by atoms with Gasteiger partial charge in [-0.2, -0.15) is 0 Å². The molecule has 0 saturated carbocycles. The zero-order valence-electron chi connectivity index (χ0n) is 11.9. The lowest BCUT2D eigenvalue weighted by molar-refractivity contribution is 0.178. The molecule has 1 aromatic heterocycles. The van der Waals surface area contributed by atoms with Crippen molar-refractivity contribution < 1.29 is 13.2 Å². The summed E-state index contributed by atoms with van der Waals surface area (Å²) in [4.78, 5) is 17.8. The van der Waals surface area contributed by atoms with Crippen LogP contribution in [0.25, 0.3) is 0 Å². The maximum atomic E-state index is 12.2. The zero-order chi connectivity index (χ0) is 15.3. The molecule has 1 aliphatic heterocycles. The van der Waals surface area contributed by atoms with Crippen LogP contribution in [0.15, 0.2) is 24.5 Å². The molecule has 0 aliphatic carbocycles. The number of amides is 2. The van der Waals surface area contributed by atoms with Gasteiger partial charge in [0.15, 0.2) is 0 Å². The summed E-state index contributed by atoms with van der Waals surface area (Å²) in [6.45, 7) is 1.60. The second-order valence-corrected chi connectivity index (χ2v) is 7.08. The second-order valence-electron chi connectivity index (χ2n) is 5.25. The molecule has 2 heterocycles. The second kappa shape index (κ2) is 6.86. The summed E-state index contributed by atoms with van der Waals surface area (Å²) in [5.41, 5.74) is 0.652. The molecule has 1 saturated heterocycles. The van der Waals surface area contributed by atoms with Crippen LogP contribution in [-0.2, 0) is 10.0 Å². The van der Waals surface area contributed by atoms with Crippen LogP contribution in [-0.4, -0.2) is 50.2 Å². The standard InChI is InChI=1S/C13H20N4O3S/c1-21(19,20)15-8-11-4-3-7-17(10-11)13(18)16-12-5-2-6-14-9-12/h2,5-6,9,11,15H,3-4,7-8,10H2,1H3,(H,16,18)/t11-/m1/s1. The van der Waals surface area contributed by atoms with Crippen LogP contribution in [0.4, 0.5) is 10.5 Å². The Morgan fingerprint density at radius 3 is 3.00 bits per heavy atom. The van der Waals surface area contributed by atoms with Gasteiger partial charge >= 0.3 is 6.03 Å². The van der Waals surface area contributed by atoms with Crippen molar-refractivity contribution in [3.63, 3.8) is 0 Å². The number of piperidine rings is 1. The molecule has 0 radical (unpaired) electrons. The quantitative estimate of drug-likeness (QED) is 0.863. The molecule has 1 aromatic rings. The van der Waals surface area contributed by atoms with E-state index in [-0.39, 0.29) is 11.9 Å². The van der Waals surface area contributed by atoms with Gasteiger partial charge in [-0.1, -0.05) is 0 Å². The number of nitrogens with zero attached hydrogens (tertiary/aromatic N) is 2. The van der Waals surface area contributed by atoms with Gasteiger partial charge < -0.3 is 10.2 Å². The van der Waals surface area contributed by atoms with E-state index in [1.54, 1.807) is 29.4 Å². The molecule has 1 atom stereocenters. The van der Waals surface area contributed by atoms with Crippen LogP contribution in [0, 0.1) is 5.92 Å². The number of carbonyl (C=O) groups excluding carboxylic acids is 1. The predicted molar refractivity (Wildman–Crippen MR) is 80.4 cm³/mol. The first kappa shape index (κ1) is 15.7. The molecule has 2 N–H and O–H groups in total. The molecule has 1 aliphatic rings. The summed E-state index contributed by atoms with van der Waals surface area (Å²) in [6, 6.07) is 3.36. The molecule has 8 heteroatoms. The Hall–Kier alpha value is -1.67. The van der Waals surface area contributed by atoms with E-state index in [1.165, 1.54) is 0 Å². The van der Waals surface area contributed by atoms with Crippen LogP contribution < -0.4 is 10.0 Å². The molecule has 0 unspecified atom stereocenters. The van der Waals surface area contributed by atoms with Crippen molar-refractivity contribution >= 4 is 21.7 Å². The third-order valence-corrected chi connectivity index (χ3v) is 4.04. The Kier molecular flexibility index (Phi) is 5.13. The summed E-state index contributed by atoms with van der Waals surface area (Å²) < 4.78 is 24.7. The van der Waals surface area contributed by atoms with E-state index >= 15 is 0 Å². The lowest BCUT2D eigenvalue weighted by atomic mass is 9.99. The zero-order valence-corrected chi connectivity index (χ0v) is 12.8. The molecular weight excluding hydrogens is 292 g/mol. The first-order chi connectivity index (χ1) is 9.94. The van der Waals surface area contributed by atoms with Gasteiger partial charge in [0.1, 0.15) is 0 Å². The summed E-state index contributed by atoms with van der Waals surface area (Å²) in [6.07, 6.45) is 6.16. The highest BCUT2D eigenvalue weighted by Crippen LogP contribution is 2.17. The van der Waals surface area contributed by atoms with Crippen molar-refractivity contribution in [1.82, 2.24) is 14.6 Å². The predicted octanol–water partition coefficient (Wildman–Crippen LogP) is 0.875. The van der Waals surface area contributed by atoms with Crippen molar-refractivity contribution in [1.29, 1.82) is 0 Å². The van der Waals surface area contributed by atoms with Crippen molar-refractivity contribution in [2.45, 2.75) is 12.8 Å². The molecule has 0 spiro atoms. The largest absolute Gasteiger partial charge is 0.324 e. The fourth-order valence-electron chi connectivity index (χ4n) is 2.32. The molecule has 2 amide bonds. The number of hydrogen-bond acceptors (Lipinski definition) is 4. The van der Waals surface area contributed by atoms with Gasteiger partial charge in [-0.3, -0.25) is 4.98 Å². The van der Waals surface area contributed by atoms with Gasteiger partial charge in [-0.05, 0) is 30.9 Å². The van der Waals surface area contributed by atoms with Crippen LogP contribution in [0.1, 0.15) is 12.8 Å². The van der Waals surface area contributed by atoms with Crippen molar-refractivity contribution in [3.8, 4) is 0 Å². The lowest BCUT2D eigenvalue weighted by Gasteiger charge is -2.32. The Morgan fingerprint density at radius 1 is 1.52 bits per heavy atom. The van der Waals surface area contributed by atoms with Crippen molar-refractivity contribution in [2.75, 3.05) is 31.2 Å². The third kappa shape index (κ3) is 5.31. The smallest absolute Gasteiger partial charge is 0.321 e. The number of hydrogen-bond donors (Lipinski definition) is 2. The maximum absolute atomic E-state index is 12.2. The van der Waals surface area contributed by atoms with Gasteiger partial charge in [0.25, 0.3) is 0 Å². The molecule has 1 fully saturated rings. The Bertz CT molecular complexity index is 576. The summed E-state index contributed by atoms with van der Waals surface area (Å²) in [5.74, 6) is 0.146. The molecular formula is C13H20N4O3S. The number of pyridine rings is 1. The molecule has 0 aromatic carbocycles. The van der Waals surface area contributed by atoms with E-state index in [4.69, 9.17) is 0 Å². The molecule has 7 nitrogen and oxygen atoms in total. The normalized spacial score (nSPS) is 19.3. The van der Waals surface area contributed by atoms with Crippen LogP contribution in [0.5, 0.6) is 0 Å². The molecule has 2 rings (SSSR count). The van der Waals surface area contributed by atoms with Gasteiger partial charge in [-0.15, -0.1) is 0 Å². The number of rotatable bonds is 4. The average Bonchev–Trinajstić information content (AvgIpc) is 2.46. The molecule has 21 heavy (non-hydrogen) atoms. The highest BCUT2D eigenvalue weighted by atomic mass is 32.2. The van der Waals surface area contributed by atoms with Gasteiger partial charge in [0, 0.05) is 25.8 Å². The number of nitrogens with one attached hydrogen (secondary N) is 2. The van der Waals surface area contributed by atoms with Crippen LogP contribution in [0.3, 0.4) is 0 Å². The van der Waals surface area contributed by atoms with Gasteiger partial charge in [0.2, 0.25) is 10.0 Å². The van der Waals surface area contributed by atoms with Gasteiger partial charge in [0.05, 0.1) is 18.1 Å². The number of carbonyl (C=O) groups is 1. The van der Waals surface area contributed by atoms with E-state index in [9.17, 15) is 13.2 Å². The average molecular weight is 312 g/mol. The summed E-state index contributed by atoms with van der Waals surface area (Å²) >= 11 is 0. The molecule has 0 bridgehead atoms. The number of anilines is 1. The van der Waals surface area contributed by atoms with E-state index < -0.39 is 10.0 Å². The van der Waals surface area contributed by atoms with Crippen molar-refractivity contribution in [3.05, 3.63) is 24.5 Å². The highest BCUT2D eigenvalue weighted by molar-refractivity contribution is 7.88. The monoisotopic (exact) mass is 312 g/mol. The molecule has 116 valence electrons. The maximum Gasteiger partial charge on any atom is 0.321 e. The van der Waals surface area contributed by atoms with Crippen molar-refractivity contribution in [2.24, 2.45) is 5.92 Å². The van der Waals surface area contributed by atoms with E-state index in [1.807, 2.05) is 0 Å². The topological polar surface area (TPSA) is 91.4 Å². The van der Waals surface area contributed by atoms with Gasteiger partial charge in [-0.25, -0.2) is 17.9 Å². The van der Waals surface area contributed by atoms with Crippen LogP contribution in [0.2, 0.25) is 0 Å². The minimum atomic E-state index is -3.19. The van der Waals surface area contributed by atoms with Crippen LogP contribution >= 0.6 is 0 Å². The minimum Gasteiger partial charge on any atom is -0.324 e. The lowest BCUT2D eigenvalue weighted by Crippen LogP contribution is -2.45. The Morgan fingerprint density at radius 2 is 2.33 bits per heavy atom. The minimum absolute atomic E-state index is 0.146. The Balaban J connectivity index is 1.87. The van der Waals surface area contributed by atoms with E-state index in [0.29, 0.717) is 25.3 Å². The fourth-order valence-corrected chi connectivity index (χ4v) is 2.86. The number of likely N-dealkylation sites (tertiary alicyclic amines) is 1. The first-order valence-electron chi connectivity index (χ1n) is 6.84. The fraction of sp³-hybridized carbons (Fsp3) is 0.538. The van der Waals surface area contributed by atoms with E-state index in [0.717, 1.165) is 19.1 Å². The summed E-state index contributed by atoms with van der Waals surface area (Å²) in [7, 11) is -3.19. The Labute approximate surface area is 124 Å². The summed E-state index contributed by atoms with van der Waals surface area (Å²) in [5, 5.41) is 2.79. The first-order valence-corrected chi connectivity index (χ1v) is 8.74. The number of urea groups is 1.